The van der Waals surface area contributed by atoms with E-state index in [1.807, 2.05) is 11.3 Å². The number of hydrogen-bond donors (Lipinski definition) is 0. The number of methoxy groups -OCH3 is 1. The van der Waals surface area contributed by atoms with Crippen molar-refractivity contribution in [2.45, 2.75) is 13.8 Å². The summed E-state index contributed by atoms with van der Waals surface area (Å²) in [5, 5.41) is 2.63. The molecule has 2 heteroatoms. The van der Waals surface area contributed by atoms with E-state index in [1.54, 1.807) is 7.11 Å². The van der Waals surface area contributed by atoms with E-state index in [0.29, 0.717) is 0 Å². The van der Waals surface area contributed by atoms with Crippen LogP contribution in [0.1, 0.15) is 11.1 Å². The van der Waals surface area contributed by atoms with Gasteiger partial charge in [0.2, 0.25) is 0 Å². The Kier molecular flexibility index (Phi) is 3.35. The van der Waals surface area contributed by atoms with Crippen LogP contribution in [-0.4, -0.2) is 7.11 Å². The second-order valence-corrected chi connectivity index (χ2v) is 6.98. The number of hydrogen-bond acceptors (Lipinski definition) is 2. The molecule has 0 atom stereocenters. The first-order valence-electron chi connectivity index (χ1n) is 7.75. The van der Waals surface area contributed by atoms with Crippen LogP contribution >= 0.6 is 11.3 Å². The fraction of sp³-hybridized carbons (Fsp3) is 0.143. The standard InChI is InChI=1S/C21H18OS/c1-13-7-6-9-15(14(13)2)17-11-18-16-8-4-5-10-20(16)23-21(18)12-19(17)22-3/h4-12H,1-3H3. The zero-order chi connectivity index (χ0) is 16.0. The van der Waals surface area contributed by atoms with Crippen molar-refractivity contribution in [2.24, 2.45) is 0 Å². The van der Waals surface area contributed by atoms with Gasteiger partial charge in [-0.15, -0.1) is 11.3 Å². The molecule has 0 aliphatic carbocycles. The number of fused-ring (bicyclic) bond motifs is 3. The fourth-order valence-electron chi connectivity index (χ4n) is 3.17. The van der Waals surface area contributed by atoms with Crippen LogP contribution in [-0.2, 0) is 0 Å². The van der Waals surface area contributed by atoms with Crippen molar-refractivity contribution in [3.8, 4) is 16.9 Å². The van der Waals surface area contributed by atoms with Gasteiger partial charge in [-0.05, 0) is 48.7 Å². The lowest BCUT2D eigenvalue weighted by Gasteiger charge is -2.13. The van der Waals surface area contributed by atoms with E-state index in [9.17, 15) is 0 Å². The van der Waals surface area contributed by atoms with Crippen LogP contribution in [0.4, 0.5) is 0 Å². The summed E-state index contributed by atoms with van der Waals surface area (Å²) in [5.41, 5.74) is 5.04. The maximum atomic E-state index is 5.71. The average molecular weight is 318 g/mol. The van der Waals surface area contributed by atoms with Gasteiger partial charge >= 0.3 is 0 Å². The summed E-state index contributed by atoms with van der Waals surface area (Å²) in [6.45, 7) is 4.34. The van der Waals surface area contributed by atoms with E-state index in [0.717, 1.165) is 5.75 Å². The lowest BCUT2D eigenvalue weighted by atomic mass is 9.95. The third kappa shape index (κ3) is 2.22. The van der Waals surface area contributed by atoms with E-state index >= 15 is 0 Å². The zero-order valence-corrected chi connectivity index (χ0v) is 14.3. The van der Waals surface area contributed by atoms with Crippen LogP contribution in [0.3, 0.4) is 0 Å². The van der Waals surface area contributed by atoms with Crippen molar-refractivity contribution in [1.82, 2.24) is 0 Å². The fourth-order valence-corrected chi connectivity index (χ4v) is 4.29. The first-order valence-corrected chi connectivity index (χ1v) is 8.56. The summed E-state index contributed by atoms with van der Waals surface area (Å²) in [6.07, 6.45) is 0. The Morgan fingerprint density at radius 3 is 2.43 bits per heavy atom. The van der Waals surface area contributed by atoms with Gasteiger partial charge in [0.1, 0.15) is 5.75 Å². The summed E-state index contributed by atoms with van der Waals surface area (Å²) in [5.74, 6) is 0.942. The maximum absolute atomic E-state index is 5.71. The zero-order valence-electron chi connectivity index (χ0n) is 13.5. The molecule has 0 fully saturated rings. The molecule has 23 heavy (non-hydrogen) atoms. The molecule has 0 unspecified atom stereocenters. The normalized spacial score (nSPS) is 11.3. The van der Waals surface area contributed by atoms with Gasteiger partial charge < -0.3 is 4.74 Å². The molecule has 3 aromatic carbocycles. The number of thiophene rings is 1. The number of benzene rings is 3. The van der Waals surface area contributed by atoms with Crippen molar-refractivity contribution in [3.05, 3.63) is 65.7 Å². The first-order chi connectivity index (χ1) is 11.2. The van der Waals surface area contributed by atoms with Crippen LogP contribution in [0.5, 0.6) is 5.75 Å². The summed E-state index contributed by atoms with van der Waals surface area (Å²) >= 11 is 1.82. The van der Waals surface area contributed by atoms with Gasteiger partial charge in [0.25, 0.3) is 0 Å². The summed E-state index contributed by atoms with van der Waals surface area (Å²) in [6, 6.07) is 19.5. The van der Waals surface area contributed by atoms with E-state index in [2.05, 4.69) is 68.4 Å². The molecule has 0 saturated heterocycles. The molecule has 114 valence electrons. The number of ether oxygens (including phenoxy) is 1. The molecule has 0 radical (unpaired) electrons. The second kappa shape index (κ2) is 5.39. The molecular weight excluding hydrogens is 300 g/mol. The third-order valence-electron chi connectivity index (χ3n) is 4.59. The lowest BCUT2D eigenvalue weighted by Crippen LogP contribution is -1.91. The summed E-state index contributed by atoms with van der Waals surface area (Å²) in [4.78, 5) is 0. The highest BCUT2D eigenvalue weighted by Crippen LogP contribution is 2.42. The third-order valence-corrected chi connectivity index (χ3v) is 5.73. The number of rotatable bonds is 2. The van der Waals surface area contributed by atoms with Gasteiger partial charge in [-0.2, -0.15) is 0 Å². The van der Waals surface area contributed by atoms with E-state index in [1.165, 1.54) is 42.4 Å². The van der Waals surface area contributed by atoms with Crippen molar-refractivity contribution < 1.29 is 4.74 Å². The predicted octanol–water partition coefficient (Wildman–Crippen LogP) is 6.35. The topological polar surface area (TPSA) is 9.23 Å². The van der Waals surface area contributed by atoms with Crippen LogP contribution in [0.25, 0.3) is 31.3 Å². The average Bonchev–Trinajstić information content (AvgIpc) is 2.94. The van der Waals surface area contributed by atoms with Crippen LogP contribution < -0.4 is 4.74 Å². The smallest absolute Gasteiger partial charge is 0.128 e. The minimum atomic E-state index is 0.942. The van der Waals surface area contributed by atoms with Crippen LogP contribution in [0.2, 0.25) is 0 Å². The SMILES string of the molecule is COc1cc2sc3ccccc3c2cc1-c1cccc(C)c1C. The molecule has 1 aromatic heterocycles. The molecule has 0 amide bonds. The van der Waals surface area contributed by atoms with Crippen molar-refractivity contribution >= 4 is 31.5 Å². The highest BCUT2D eigenvalue weighted by Gasteiger charge is 2.14. The van der Waals surface area contributed by atoms with Crippen molar-refractivity contribution in [1.29, 1.82) is 0 Å². The monoisotopic (exact) mass is 318 g/mol. The van der Waals surface area contributed by atoms with Gasteiger partial charge in [0.15, 0.2) is 0 Å². The quantitative estimate of drug-likeness (QED) is 0.418. The minimum Gasteiger partial charge on any atom is -0.496 e. The highest BCUT2D eigenvalue weighted by atomic mass is 32.1. The molecule has 0 spiro atoms. The molecule has 1 heterocycles. The first kappa shape index (κ1) is 14.3. The van der Waals surface area contributed by atoms with Gasteiger partial charge in [0, 0.05) is 25.7 Å². The van der Waals surface area contributed by atoms with Crippen LogP contribution in [0, 0.1) is 13.8 Å². The second-order valence-electron chi connectivity index (χ2n) is 5.89. The van der Waals surface area contributed by atoms with Crippen LogP contribution in [0.15, 0.2) is 54.6 Å². The molecular formula is C21H18OS. The van der Waals surface area contributed by atoms with Gasteiger partial charge in [-0.25, -0.2) is 0 Å². The van der Waals surface area contributed by atoms with Crippen molar-refractivity contribution in [2.75, 3.05) is 7.11 Å². The Morgan fingerprint density at radius 1 is 0.783 bits per heavy atom. The lowest BCUT2D eigenvalue weighted by molar-refractivity contribution is 0.417. The maximum Gasteiger partial charge on any atom is 0.128 e. The molecule has 0 aliphatic rings. The molecule has 0 N–H and O–H groups in total. The predicted molar refractivity (Wildman–Crippen MR) is 101 cm³/mol. The van der Waals surface area contributed by atoms with E-state index in [4.69, 9.17) is 4.74 Å². The molecule has 4 aromatic rings. The Hall–Kier alpha value is -2.32. The molecule has 1 nitrogen and oxygen atoms in total. The summed E-state index contributed by atoms with van der Waals surface area (Å²) in [7, 11) is 1.75. The minimum absolute atomic E-state index is 0.942. The van der Waals surface area contributed by atoms with E-state index in [-0.39, 0.29) is 0 Å². The van der Waals surface area contributed by atoms with Crippen molar-refractivity contribution in [3.63, 3.8) is 0 Å². The largest absolute Gasteiger partial charge is 0.496 e. The van der Waals surface area contributed by atoms with Gasteiger partial charge in [-0.3, -0.25) is 0 Å². The Labute approximate surface area is 140 Å². The van der Waals surface area contributed by atoms with Gasteiger partial charge in [0.05, 0.1) is 7.11 Å². The van der Waals surface area contributed by atoms with Gasteiger partial charge in [-0.1, -0.05) is 36.4 Å². The Morgan fingerprint density at radius 2 is 1.61 bits per heavy atom. The Balaban J connectivity index is 2.09. The highest BCUT2D eigenvalue weighted by molar-refractivity contribution is 7.25. The molecule has 0 aliphatic heterocycles. The Bertz CT molecular complexity index is 1030. The van der Waals surface area contributed by atoms with E-state index < -0.39 is 0 Å². The summed E-state index contributed by atoms with van der Waals surface area (Å²) < 4.78 is 8.30. The molecule has 0 bridgehead atoms. The molecule has 0 saturated carbocycles. The molecule has 4 rings (SSSR count). The number of aryl methyl sites for hydroxylation is 1.